The highest BCUT2D eigenvalue weighted by molar-refractivity contribution is 5.96. The number of benzene rings is 2. The van der Waals surface area contributed by atoms with Crippen LogP contribution in [0.2, 0.25) is 0 Å². The summed E-state index contributed by atoms with van der Waals surface area (Å²) in [5.41, 5.74) is 4.23. The van der Waals surface area contributed by atoms with E-state index in [2.05, 4.69) is 30.2 Å². The lowest BCUT2D eigenvalue weighted by Crippen LogP contribution is -2.50. The van der Waals surface area contributed by atoms with Gasteiger partial charge in [-0.15, -0.1) is 0 Å². The molecule has 0 aliphatic carbocycles. The van der Waals surface area contributed by atoms with Gasteiger partial charge in [-0.05, 0) is 67.8 Å². The summed E-state index contributed by atoms with van der Waals surface area (Å²) >= 11 is 0. The fourth-order valence-corrected chi connectivity index (χ4v) is 6.24. The summed E-state index contributed by atoms with van der Waals surface area (Å²) in [7, 11) is 1.81. The van der Waals surface area contributed by atoms with Crippen LogP contribution in [0.4, 0.5) is 20.3 Å². The average molecular weight is 661 g/mol. The van der Waals surface area contributed by atoms with Crippen LogP contribution in [0, 0.1) is 12.8 Å². The molecule has 48 heavy (non-hydrogen) atoms. The number of amides is 3. The summed E-state index contributed by atoms with van der Waals surface area (Å²) in [6.45, 7) is 3.00. The minimum Gasteiger partial charge on any atom is -0.435 e. The molecule has 6 rings (SSSR count). The van der Waals surface area contributed by atoms with Gasteiger partial charge in [-0.1, -0.05) is 0 Å². The predicted octanol–water partition coefficient (Wildman–Crippen LogP) is 3.79. The van der Waals surface area contributed by atoms with Crippen molar-refractivity contribution in [3.63, 3.8) is 0 Å². The number of rotatable bonds is 10. The zero-order valence-corrected chi connectivity index (χ0v) is 26.9. The summed E-state index contributed by atoms with van der Waals surface area (Å²) in [6.07, 6.45) is 6.31. The number of nitrogens with zero attached hydrogens (tertiary/aromatic N) is 6. The second kappa shape index (κ2) is 14.3. The number of carbonyl (C=O) groups excluding carboxylic acids is 3. The Morgan fingerprint density at radius 3 is 2.58 bits per heavy atom. The normalized spacial score (nSPS) is 15.9. The molecule has 0 spiro atoms. The van der Waals surface area contributed by atoms with E-state index < -0.39 is 6.61 Å². The number of fused-ring (bicyclic) bond motifs is 1. The van der Waals surface area contributed by atoms with Gasteiger partial charge in [0, 0.05) is 81.4 Å². The average Bonchev–Trinajstić information content (AvgIpc) is 3.52. The van der Waals surface area contributed by atoms with Gasteiger partial charge in [0.1, 0.15) is 5.75 Å². The predicted molar refractivity (Wildman–Crippen MR) is 175 cm³/mol. The number of hydrogen-bond acceptors (Lipinski definition) is 8. The van der Waals surface area contributed by atoms with Crippen LogP contribution in [-0.4, -0.2) is 106 Å². The second-order valence-electron chi connectivity index (χ2n) is 12.1. The first-order chi connectivity index (χ1) is 23.2. The summed E-state index contributed by atoms with van der Waals surface area (Å²) in [6, 6.07) is 11.9. The lowest BCUT2D eigenvalue weighted by atomic mass is 9.94. The van der Waals surface area contributed by atoms with E-state index in [0.717, 1.165) is 29.1 Å². The third-order valence-corrected chi connectivity index (χ3v) is 8.90. The van der Waals surface area contributed by atoms with Gasteiger partial charge >= 0.3 is 6.61 Å². The van der Waals surface area contributed by atoms with Crippen molar-refractivity contribution in [1.82, 2.24) is 34.4 Å². The summed E-state index contributed by atoms with van der Waals surface area (Å²) in [5.74, 6) is 0.489. The number of piperidine rings is 1. The molecule has 2 saturated heterocycles. The molecule has 2 aromatic carbocycles. The summed E-state index contributed by atoms with van der Waals surface area (Å²) in [4.78, 5) is 52.8. The van der Waals surface area contributed by atoms with Crippen molar-refractivity contribution in [2.45, 2.75) is 26.4 Å². The third kappa shape index (κ3) is 7.38. The van der Waals surface area contributed by atoms with Crippen molar-refractivity contribution in [2.24, 2.45) is 5.92 Å². The summed E-state index contributed by atoms with van der Waals surface area (Å²) in [5, 5.41) is 6.12. The SMILES string of the molecule is Cc1cc(Nc2nccn3c(-c4ccc(OC(F)F)cc4)cnc23)ccc1C(=O)N1CCC(C(=O)N(C)CCN2CCNC(=O)C2)CC1. The van der Waals surface area contributed by atoms with Gasteiger partial charge in [0.15, 0.2) is 11.5 Å². The number of nitrogens with one attached hydrogen (secondary N) is 2. The Balaban J connectivity index is 1.05. The van der Waals surface area contributed by atoms with E-state index in [4.69, 9.17) is 0 Å². The van der Waals surface area contributed by atoms with Gasteiger partial charge in [-0.2, -0.15) is 8.78 Å². The van der Waals surface area contributed by atoms with E-state index in [0.29, 0.717) is 69.1 Å². The van der Waals surface area contributed by atoms with Crippen LogP contribution in [-0.2, 0) is 9.59 Å². The number of likely N-dealkylation sites (N-methyl/N-ethyl adjacent to an activating group) is 1. The van der Waals surface area contributed by atoms with E-state index in [1.807, 2.05) is 28.4 Å². The monoisotopic (exact) mass is 660 g/mol. The fraction of sp³-hybridized carbons (Fsp3) is 0.382. The maximum absolute atomic E-state index is 13.5. The van der Waals surface area contributed by atoms with Gasteiger partial charge in [0.05, 0.1) is 18.4 Å². The van der Waals surface area contributed by atoms with E-state index in [1.165, 1.54) is 12.1 Å². The molecule has 4 heterocycles. The highest BCUT2D eigenvalue weighted by atomic mass is 19.3. The molecule has 2 fully saturated rings. The van der Waals surface area contributed by atoms with Crippen molar-refractivity contribution in [3.8, 4) is 17.0 Å². The molecule has 4 aromatic rings. The number of carbonyl (C=O) groups is 3. The van der Waals surface area contributed by atoms with Crippen molar-refractivity contribution in [2.75, 3.05) is 58.2 Å². The molecule has 0 radical (unpaired) electrons. The molecule has 2 aliphatic heterocycles. The Kier molecular flexibility index (Phi) is 9.80. The topological polar surface area (TPSA) is 124 Å². The van der Waals surface area contributed by atoms with E-state index >= 15 is 0 Å². The Bertz CT molecular complexity index is 1790. The van der Waals surface area contributed by atoms with Gasteiger partial charge < -0.3 is 25.2 Å². The number of piperazine rings is 1. The molecule has 12 nitrogen and oxygen atoms in total. The van der Waals surface area contributed by atoms with Crippen LogP contribution in [0.25, 0.3) is 16.9 Å². The first-order valence-electron chi connectivity index (χ1n) is 15.9. The molecule has 0 atom stereocenters. The molecule has 3 amide bonds. The van der Waals surface area contributed by atoms with Crippen LogP contribution >= 0.6 is 0 Å². The number of anilines is 2. The van der Waals surface area contributed by atoms with Crippen LogP contribution in [0.5, 0.6) is 5.75 Å². The van der Waals surface area contributed by atoms with Crippen LogP contribution in [0.1, 0.15) is 28.8 Å². The Labute approximate surface area is 276 Å². The Hall–Kier alpha value is -5.11. The van der Waals surface area contributed by atoms with E-state index in [-0.39, 0.29) is 29.4 Å². The highest BCUT2D eigenvalue weighted by Crippen LogP contribution is 2.28. The highest BCUT2D eigenvalue weighted by Gasteiger charge is 2.30. The summed E-state index contributed by atoms with van der Waals surface area (Å²) < 4.78 is 31.4. The van der Waals surface area contributed by atoms with Crippen molar-refractivity contribution in [3.05, 3.63) is 72.2 Å². The number of hydrogen-bond donors (Lipinski definition) is 2. The first kappa shape index (κ1) is 32.8. The zero-order valence-electron chi connectivity index (χ0n) is 26.9. The largest absolute Gasteiger partial charge is 0.435 e. The van der Waals surface area contributed by atoms with Crippen molar-refractivity contribution >= 4 is 34.9 Å². The Morgan fingerprint density at radius 1 is 1.10 bits per heavy atom. The quantitative estimate of drug-likeness (QED) is 0.264. The number of halogens is 2. The molecule has 14 heteroatoms. The van der Waals surface area contributed by atoms with Crippen LogP contribution < -0.4 is 15.4 Å². The van der Waals surface area contributed by atoms with Gasteiger partial charge in [0.2, 0.25) is 11.8 Å². The smallest absolute Gasteiger partial charge is 0.387 e. The fourth-order valence-electron chi connectivity index (χ4n) is 6.24. The molecular formula is C34H38F2N8O4. The van der Waals surface area contributed by atoms with E-state index in [9.17, 15) is 23.2 Å². The standard InChI is InChI=1S/C34H38F2N8O4/c1-22-19-25(40-30-31-39-20-28(44(31)16-12-38-30)23-3-6-26(7-4-23)48-34(35)36)5-8-27(22)33(47)43-13-9-24(10-14-43)32(46)41(2)17-18-42-15-11-37-29(45)21-42/h3-8,12,16,19-20,24,34H,9-11,13-15,17-18,21H2,1-2H3,(H,37,45)(H,38,40). The third-order valence-electron chi connectivity index (χ3n) is 8.90. The number of imidazole rings is 1. The lowest BCUT2D eigenvalue weighted by Gasteiger charge is -2.34. The number of aryl methyl sites for hydroxylation is 1. The lowest BCUT2D eigenvalue weighted by molar-refractivity contribution is -0.135. The van der Waals surface area contributed by atoms with Crippen molar-refractivity contribution < 1.29 is 27.9 Å². The number of alkyl halides is 2. The van der Waals surface area contributed by atoms with Crippen molar-refractivity contribution in [1.29, 1.82) is 0 Å². The van der Waals surface area contributed by atoms with Gasteiger partial charge in [-0.25, -0.2) is 9.97 Å². The number of ether oxygens (including phenoxy) is 1. The molecule has 2 aliphatic rings. The number of likely N-dealkylation sites (tertiary alicyclic amines) is 1. The van der Waals surface area contributed by atoms with Crippen LogP contribution in [0.15, 0.2) is 61.1 Å². The number of aromatic nitrogens is 3. The first-order valence-corrected chi connectivity index (χ1v) is 15.9. The molecule has 252 valence electrons. The molecule has 0 unspecified atom stereocenters. The second-order valence-corrected chi connectivity index (χ2v) is 12.1. The molecular weight excluding hydrogens is 622 g/mol. The van der Waals surface area contributed by atoms with Gasteiger partial charge in [0.25, 0.3) is 5.91 Å². The maximum atomic E-state index is 13.5. The van der Waals surface area contributed by atoms with E-state index in [1.54, 1.807) is 48.7 Å². The molecule has 2 aromatic heterocycles. The van der Waals surface area contributed by atoms with Gasteiger partial charge in [-0.3, -0.25) is 23.7 Å². The minimum atomic E-state index is -2.89. The zero-order chi connectivity index (χ0) is 33.8. The minimum absolute atomic E-state index is 0.0145. The Morgan fingerprint density at radius 2 is 1.88 bits per heavy atom. The molecule has 0 saturated carbocycles. The molecule has 2 N–H and O–H groups in total. The molecule has 0 bridgehead atoms. The van der Waals surface area contributed by atoms with Crippen LogP contribution in [0.3, 0.4) is 0 Å². The maximum Gasteiger partial charge on any atom is 0.387 e.